The summed E-state index contributed by atoms with van der Waals surface area (Å²) in [7, 11) is 0. The number of nitrogens with zero attached hydrogens (tertiary/aromatic N) is 3. The van der Waals surface area contributed by atoms with E-state index in [0.717, 1.165) is 18.9 Å². The summed E-state index contributed by atoms with van der Waals surface area (Å²) in [4.78, 5) is 18.2. The van der Waals surface area contributed by atoms with Crippen molar-refractivity contribution in [2.24, 2.45) is 0 Å². The van der Waals surface area contributed by atoms with Gasteiger partial charge in [0.2, 0.25) is 5.91 Å². The second-order valence-corrected chi connectivity index (χ2v) is 7.42. The highest BCUT2D eigenvalue weighted by molar-refractivity contribution is 5.82. The maximum Gasteiger partial charge on any atom is 0.417 e. The van der Waals surface area contributed by atoms with Crippen molar-refractivity contribution in [3.8, 4) is 0 Å². The first-order chi connectivity index (χ1) is 12.7. The van der Waals surface area contributed by atoms with Gasteiger partial charge < -0.3 is 9.42 Å². The molecule has 3 rings (SSSR count). The Labute approximate surface area is 155 Å². The van der Waals surface area contributed by atoms with E-state index >= 15 is 0 Å². The molecule has 0 bridgehead atoms. The molecule has 3 heterocycles. The van der Waals surface area contributed by atoms with E-state index in [1.807, 2.05) is 6.92 Å². The second kappa shape index (κ2) is 7.48. The predicted molar refractivity (Wildman–Crippen MR) is 94.4 cm³/mol. The number of carbonyl (C=O) groups excluding carboxylic acids is 1. The lowest BCUT2D eigenvalue weighted by molar-refractivity contribution is -0.136. The van der Waals surface area contributed by atoms with E-state index in [-0.39, 0.29) is 34.5 Å². The van der Waals surface area contributed by atoms with Crippen LogP contribution in [0.25, 0.3) is 11.1 Å². The average Bonchev–Trinajstić information content (AvgIpc) is 3.04. The number of alkyl halides is 3. The lowest BCUT2D eigenvalue weighted by Crippen LogP contribution is -2.39. The van der Waals surface area contributed by atoms with E-state index in [0.29, 0.717) is 31.6 Å². The predicted octanol–water partition coefficient (Wildman–Crippen LogP) is 4.87. The number of hydrogen-bond donors (Lipinski definition) is 0. The van der Waals surface area contributed by atoms with Crippen LogP contribution in [0.2, 0.25) is 0 Å². The quantitative estimate of drug-likeness (QED) is 0.756. The summed E-state index contributed by atoms with van der Waals surface area (Å²) in [6.45, 7) is 6.49. The number of fused-ring (bicyclic) bond motifs is 1. The van der Waals surface area contributed by atoms with Gasteiger partial charge in [-0.3, -0.25) is 4.79 Å². The van der Waals surface area contributed by atoms with Gasteiger partial charge in [0, 0.05) is 31.1 Å². The summed E-state index contributed by atoms with van der Waals surface area (Å²) >= 11 is 0. The molecule has 1 atom stereocenters. The van der Waals surface area contributed by atoms with E-state index in [4.69, 9.17) is 4.52 Å². The molecule has 1 fully saturated rings. The van der Waals surface area contributed by atoms with Crippen LogP contribution in [0.15, 0.2) is 10.6 Å². The number of pyridine rings is 1. The normalized spacial score (nSPS) is 18.5. The molecular formula is C19H24F3N3O2. The lowest BCUT2D eigenvalue weighted by Gasteiger charge is -2.32. The van der Waals surface area contributed by atoms with E-state index in [2.05, 4.69) is 10.1 Å². The number of hydrogen-bond acceptors (Lipinski definition) is 4. The molecule has 1 saturated heterocycles. The summed E-state index contributed by atoms with van der Waals surface area (Å²) in [5.41, 5.74) is -0.264. The van der Waals surface area contributed by atoms with E-state index in [9.17, 15) is 18.0 Å². The van der Waals surface area contributed by atoms with Crippen molar-refractivity contribution in [3.05, 3.63) is 23.0 Å². The van der Waals surface area contributed by atoms with Crippen LogP contribution in [0.1, 0.15) is 75.2 Å². The molecule has 148 valence electrons. The molecule has 27 heavy (non-hydrogen) atoms. The molecule has 0 radical (unpaired) electrons. The molecule has 0 aliphatic carbocycles. The van der Waals surface area contributed by atoms with Crippen LogP contribution in [-0.2, 0) is 11.0 Å². The number of aromatic nitrogens is 2. The minimum absolute atomic E-state index is 0.0336. The highest BCUT2D eigenvalue weighted by atomic mass is 19.4. The molecule has 0 unspecified atom stereocenters. The Hall–Kier alpha value is -2.12. The second-order valence-electron chi connectivity index (χ2n) is 7.42. The van der Waals surface area contributed by atoms with E-state index in [1.165, 1.54) is 0 Å². The summed E-state index contributed by atoms with van der Waals surface area (Å²) in [5.74, 6) is -0.416. The van der Waals surface area contributed by atoms with Gasteiger partial charge in [-0.15, -0.1) is 0 Å². The van der Waals surface area contributed by atoms with Gasteiger partial charge in [0.1, 0.15) is 0 Å². The highest BCUT2D eigenvalue weighted by Crippen LogP contribution is 2.40. The SMILES string of the molecule is CCCC(=O)N1CCC[C@H](c2noc3nc(C(C)C)cc(C(F)(F)F)c23)C1. The third-order valence-corrected chi connectivity index (χ3v) is 5.01. The summed E-state index contributed by atoms with van der Waals surface area (Å²) in [6.07, 6.45) is -1.95. The van der Waals surface area contributed by atoms with Gasteiger partial charge in [0.05, 0.1) is 16.6 Å². The minimum atomic E-state index is -4.53. The van der Waals surface area contributed by atoms with Crippen LogP contribution >= 0.6 is 0 Å². The summed E-state index contributed by atoms with van der Waals surface area (Å²) in [5, 5.41) is 3.89. The largest absolute Gasteiger partial charge is 0.417 e. The number of halogens is 3. The Morgan fingerprint density at radius 1 is 1.41 bits per heavy atom. The zero-order valence-corrected chi connectivity index (χ0v) is 15.8. The maximum atomic E-state index is 13.7. The van der Waals surface area contributed by atoms with Gasteiger partial charge in [-0.05, 0) is 31.2 Å². The van der Waals surface area contributed by atoms with E-state index < -0.39 is 11.7 Å². The monoisotopic (exact) mass is 383 g/mol. The molecule has 8 heteroatoms. The fourth-order valence-corrected chi connectivity index (χ4v) is 3.59. The lowest BCUT2D eigenvalue weighted by atomic mass is 9.91. The van der Waals surface area contributed by atoms with Gasteiger partial charge in [-0.25, -0.2) is 4.98 Å². The van der Waals surface area contributed by atoms with Crippen LogP contribution in [0, 0.1) is 0 Å². The Kier molecular flexibility index (Phi) is 5.44. The van der Waals surface area contributed by atoms with Gasteiger partial charge in [0.15, 0.2) is 0 Å². The summed E-state index contributed by atoms with van der Waals surface area (Å²) < 4.78 is 46.4. The first kappa shape index (κ1) is 19.6. The first-order valence-corrected chi connectivity index (χ1v) is 9.37. The van der Waals surface area contributed by atoms with Crippen LogP contribution in [0.5, 0.6) is 0 Å². The van der Waals surface area contributed by atoms with Crippen molar-refractivity contribution in [2.45, 2.75) is 64.5 Å². The van der Waals surface area contributed by atoms with Crippen molar-refractivity contribution in [1.29, 1.82) is 0 Å². The Morgan fingerprint density at radius 2 is 2.15 bits per heavy atom. The Morgan fingerprint density at radius 3 is 2.78 bits per heavy atom. The smallest absolute Gasteiger partial charge is 0.342 e. The van der Waals surface area contributed by atoms with Crippen LogP contribution in [-0.4, -0.2) is 34.0 Å². The van der Waals surface area contributed by atoms with Gasteiger partial charge in [-0.2, -0.15) is 13.2 Å². The third-order valence-electron chi connectivity index (χ3n) is 5.01. The van der Waals surface area contributed by atoms with Crippen LogP contribution in [0.3, 0.4) is 0 Å². The van der Waals surface area contributed by atoms with Crippen molar-refractivity contribution >= 4 is 17.0 Å². The molecule has 5 nitrogen and oxygen atoms in total. The highest BCUT2D eigenvalue weighted by Gasteiger charge is 2.38. The third kappa shape index (κ3) is 3.94. The minimum Gasteiger partial charge on any atom is -0.342 e. The molecule has 0 saturated carbocycles. The molecule has 1 aliphatic heterocycles. The topological polar surface area (TPSA) is 59.2 Å². The van der Waals surface area contributed by atoms with Crippen molar-refractivity contribution in [3.63, 3.8) is 0 Å². The molecule has 0 aromatic carbocycles. The van der Waals surface area contributed by atoms with Gasteiger partial charge in [0.25, 0.3) is 5.71 Å². The van der Waals surface area contributed by atoms with Gasteiger partial charge in [-0.1, -0.05) is 25.9 Å². The zero-order valence-electron chi connectivity index (χ0n) is 15.8. The molecule has 1 aliphatic rings. The fraction of sp³-hybridized carbons (Fsp3) is 0.632. The average molecular weight is 383 g/mol. The number of piperidine rings is 1. The maximum absolute atomic E-state index is 13.7. The van der Waals surface area contributed by atoms with Crippen molar-refractivity contribution in [2.75, 3.05) is 13.1 Å². The van der Waals surface area contributed by atoms with Crippen LogP contribution in [0.4, 0.5) is 13.2 Å². The number of amides is 1. The standard InChI is InChI=1S/C19H24F3N3O2/c1-4-6-15(26)25-8-5-7-12(10-25)17-16-13(19(20,21)22)9-14(11(2)3)23-18(16)27-24-17/h9,11-12H,4-8,10H2,1-3H3/t12-/m0/s1. The van der Waals surface area contributed by atoms with Crippen molar-refractivity contribution < 1.29 is 22.5 Å². The molecule has 2 aromatic heterocycles. The Balaban J connectivity index is 2.03. The zero-order chi connectivity index (χ0) is 19.8. The number of carbonyl (C=O) groups is 1. The molecular weight excluding hydrogens is 359 g/mol. The Bertz CT molecular complexity index is 829. The van der Waals surface area contributed by atoms with E-state index in [1.54, 1.807) is 18.7 Å². The first-order valence-electron chi connectivity index (χ1n) is 9.37. The summed E-state index contributed by atoms with van der Waals surface area (Å²) in [6, 6.07) is 1.09. The fourth-order valence-electron chi connectivity index (χ4n) is 3.59. The van der Waals surface area contributed by atoms with Crippen molar-refractivity contribution in [1.82, 2.24) is 15.0 Å². The number of rotatable bonds is 4. The molecule has 0 N–H and O–H groups in total. The number of likely N-dealkylation sites (tertiary alicyclic amines) is 1. The van der Waals surface area contributed by atoms with Crippen LogP contribution < -0.4 is 0 Å². The van der Waals surface area contributed by atoms with Gasteiger partial charge >= 0.3 is 6.18 Å². The molecule has 2 aromatic rings. The molecule has 0 spiro atoms. The molecule has 1 amide bonds.